The number of carbonyl (C=O) groups excluding carboxylic acids is 1. The zero-order chi connectivity index (χ0) is 27.1. The number of rotatable bonds is 8. The monoisotopic (exact) mass is 523 g/mol. The molecular formula is C34H53NO3. The average molecular weight is 524 g/mol. The van der Waals surface area contributed by atoms with Gasteiger partial charge in [0.2, 0.25) is 5.91 Å². The molecule has 4 aliphatic carbocycles. The predicted molar refractivity (Wildman–Crippen MR) is 155 cm³/mol. The SMILES string of the molecule is CCCCc1ccc(NC(=O)CC[C@@H](C)[C@@H]2CC[C@@H]3[C@H]4[C@@H](CC[C@@]32C)[C@@]2(C)CC[C@@H](O)C[C@@H]2C[C@@H]4O)cc1. The number of hydrogen-bond acceptors (Lipinski definition) is 3. The molecule has 0 bridgehead atoms. The third kappa shape index (κ3) is 5.21. The summed E-state index contributed by atoms with van der Waals surface area (Å²) in [6.07, 6.45) is 13.3. The molecule has 5 rings (SSSR count). The normalized spacial score (nSPS) is 41.1. The molecule has 1 aromatic rings. The second-order valence-electron chi connectivity index (χ2n) is 14.3. The highest BCUT2D eigenvalue weighted by atomic mass is 16.3. The van der Waals surface area contributed by atoms with E-state index in [-0.39, 0.29) is 28.9 Å². The van der Waals surface area contributed by atoms with Crippen LogP contribution in [-0.2, 0) is 11.2 Å². The molecular weight excluding hydrogens is 470 g/mol. The molecule has 10 atom stereocenters. The van der Waals surface area contributed by atoms with Gasteiger partial charge in [-0.05, 0) is 135 Å². The van der Waals surface area contributed by atoms with Crippen LogP contribution < -0.4 is 5.32 Å². The Morgan fingerprint density at radius 3 is 2.45 bits per heavy atom. The van der Waals surface area contributed by atoms with Crippen LogP contribution in [0.3, 0.4) is 0 Å². The largest absolute Gasteiger partial charge is 0.393 e. The summed E-state index contributed by atoms with van der Waals surface area (Å²) in [5, 5.41) is 24.9. The number of carbonyl (C=O) groups is 1. The van der Waals surface area contributed by atoms with Crippen molar-refractivity contribution in [3.8, 4) is 0 Å². The van der Waals surface area contributed by atoms with Crippen LogP contribution >= 0.6 is 0 Å². The molecule has 0 heterocycles. The Labute approximate surface area is 231 Å². The van der Waals surface area contributed by atoms with E-state index >= 15 is 0 Å². The maximum absolute atomic E-state index is 12.8. The van der Waals surface area contributed by atoms with Crippen molar-refractivity contribution in [3.05, 3.63) is 29.8 Å². The van der Waals surface area contributed by atoms with E-state index in [4.69, 9.17) is 0 Å². The third-order valence-corrected chi connectivity index (χ3v) is 12.3. The van der Waals surface area contributed by atoms with Gasteiger partial charge in [-0.1, -0.05) is 46.2 Å². The topological polar surface area (TPSA) is 69.6 Å². The van der Waals surface area contributed by atoms with Gasteiger partial charge < -0.3 is 15.5 Å². The van der Waals surface area contributed by atoms with Gasteiger partial charge in [-0.15, -0.1) is 0 Å². The lowest BCUT2D eigenvalue weighted by Gasteiger charge is -2.62. The molecule has 0 radical (unpaired) electrons. The first-order chi connectivity index (χ1) is 18.2. The van der Waals surface area contributed by atoms with Crippen molar-refractivity contribution in [3.63, 3.8) is 0 Å². The summed E-state index contributed by atoms with van der Waals surface area (Å²) in [4.78, 5) is 12.8. The first-order valence-corrected chi connectivity index (χ1v) is 15.9. The molecule has 0 aliphatic heterocycles. The molecule has 4 aliphatic rings. The van der Waals surface area contributed by atoms with Gasteiger partial charge in [0.15, 0.2) is 0 Å². The van der Waals surface area contributed by atoms with Crippen LogP contribution in [0, 0.1) is 46.3 Å². The summed E-state index contributed by atoms with van der Waals surface area (Å²) >= 11 is 0. The molecule has 0 spiro atoms. The van der Waals surface area contributed by atoms with E-state index in [1.807, 2.05) is 12.1 Å². The molecule has 4 saturated carbocycles. The highest BCUT2D eigenvalue weighted by Gasteiger charge is 2.62. The van der Waals surface area contributed by atoms with Crippen LogP contribution in [0.15, 0.2) is 24.3 Å². The molecule has 3 N–H and O–H groups in total. The summed E-state index contributed by atoms with van der Waals surface area (Å²) in [6, 6.07) is 8.37. The van der Waals surface area contributed by atoms with Crippen molar-refractivity contribution >= 4 is 11.6 Å². The number of aryl methyl sites for hydroxylation is 1. The fourth-order valence-corrected chi connectivity index (χ4v) is 10.1. The molecule has 0 aromatic heterocycles. The number of nitrogens with one attached hydrogen (secondary N) is 1. The van der Waals surface area contributed by atoms with Gasteiger partial charge in [0.05, 0.1) is 12.2 Å². The number of aliphatic hydroxyl groups excluding tert-OH is 2. The average Bonchev–Trinajstić information content (AvgIpc) is 3.25. The van der Waals surface area contributed by atoms with Crippen LogP contribution in [-0.4, -0.2) is 28.3 Å². The van der Waals surface area contributed by atoms with E-state index in [1.165, 1.54) is 44.1 Å². The molecule has 1 amide bonds. The van der Waals surface area contributed by atoms with Crippen LogP contribution in [0.1, 0.15) is 110 Å². The predicted octanol–water partition coefficient (Wildman–Crippen LogP) is 7.37. The Morgan fingerprint density at radius 1 is 1.00 bits per heavy atom. The van der Waals surface area contributed by atoms with Crippen molar-refractivity contribution < 1.29 is 15.0 Å². The summed E-state index contributed by atoms with van der Waals surface area (Å²) in [5.74, 6) is 3.33. The van der Waals surface area contributed by atoms with E-state index < -0.39 is 0 Å². The van der Waals surface area contributed by atoms with Crippen LogP contribution in [0.2, 0.25) is 0 Å². The first-order valence-electron chi connectivity index (χ1n) is 15.9. The highest BCUT2D eigenvalue weighted by molar-refractivity contribution is 5.90. The van der Waals surface area contributed by atoms with Gasteiger partial charge in [-0.3, -0.25) is 4.79 Å². The van der Waals surface area contributed by atoms with E-state index in [9.17, 15) is 15.0 Å². The van der Waals surface area contributed by atoms with Gasteiger partial charge >= 0.3 is 0 Å². The van der Waals surface area contributed by atoms with E-state index in [2.05, 4.69) is 45.1 Å². The number of aliphatic hydroxyl groups is 2. The Bertz CT molecular complexity index is 961. The summed E-state index contributed by atoms with van der Waals surface area (Å²) in [7, 11) is 0. The van der Waals surface area contributed by atoms with Gasteiger partial charge in [-0.25, -0.2) is 0 Å². The van der Waals surface area contributed by atoms with Crippen LogP contribution in [0.25, 0.3) is 0 Å². The number of amides is 1. The molecule has 4 nitrogen and oxygen atoms in total. The standard InChI is InChI=1S/C34H53NO3/c1-5-6-7-23-9-11-25(12-10-23)35-31(38)15-8-22(2)27-13-14-28-32-29(17-19-34(27,28)4)33(3)18-16-26(36)20-24(33)21-30(32)37/h9-12,22,24,26-30,32,36-37H,5-8,13-21H2,1-4H3,(H,35,38)/t22-,24-,26-,27+,28-,29-,30+,32+,33+,34-/m1/s1. The lowest BCUT2D eigenvalue weighted by Crippen LogP contribution is -2.58. The van der Waals surface area contributed by atoms with E-state index in [1.54, 1.807) is 0 Å². The van der Waals surface area contributed by atoms with Crippen molar-refractivity contribution in [1.29, 1.82) is 0 Å². The lowest BCUT2D eigenvalue weighted by atomic mass is 9.43. The maximum atomic E-state index is 12.8. The number of benzene rings is 1. The second-order valence-corrected chi connectivity index (χ2v) is 14.3. The Hall–Kier alpha value is -1.39. The fourth-order valence-electron chi connectivity index (χ4n) is 10.1. The lowest BCUT2D eigenvalue weighted by molar-refractivity contribution is -0.174. The summed E-state index contributed by atoms with van der Waals surface area (Å²) < 4.78 is 0. The smallest absolute Gasteiger partial charge is 0.224 e. The van der Waals surface area contributed by atoms with Crippen molar-refractivity contribution in [2.24, 2.45) is 46.3 Å². The number of anilines is 1. The van der Waals surface area contributed by atoms with Crippen molar-refractivity contribution in [2.45, 2.75) is 123 Å². The second kappa shape index (κ2) is 11.2. The minimum atomic E-state index is -0.221. The Morgan fingerprint density at radius 2 is 1.71 bits per heavy atom. The van der Waals surface area contributed by atoms with Gasteiger partial charge in [-0.2, -0.15) is 0 Å². The minimum absolute atomic E-state index is 0.128. The van der Waals surface area contributed by atoms with Gasteiger partial charge in [0.25, 0.3) is 0 Å². The van der Waals surface area contributed by atoms with Gasteiger partial charge in [0, 0.05) is 12.1 Å². The van der Waals surface area contributed by atoms with Crippen molar-refractivity contribution in [2.75, 3.05) is 5.32 Å². The molecule has 1 aromatic carbocycles. The molecule has 0 unspecified atom stereocenters. The minimum Gasteiger partial charge on any atom is -0.393 e. The highest BCUT2D eigenvalue weighted by Crippen LogP contribution is 2.68. The van der Waals surface area contributed by atoms with Crippen LogP contribution in [0.5, 0.6) is 0 Å². The molecule has 0 saturated heterocycles. The molecule has 38 heavy (non-hydrogen) atoms. The van der Waals surface area contributed by atoms with Crippen molar-refractivity contribution in [1.82, 2.24) is 0 Å². The van der Waals surface area contributed by atoms with Gasteiger partial charge in [0.1, 0.15) is 0 Å². The number of hydrogen-bond donors (Lipinski definition) is 3. The zero-order valence-electron chi connectivity index (χ0n) is 24.4. The first kappa shape index (κ1) is 28.1. The number of unbranched alkanes of at least 4 members (excludes halogenated alkanes) is 1. The van der Waals surface area contributed by atoms with E-state index in [0.29, 0.717) is 41.9 Å². The Kier molecular flexibility index (Phi) is 8.32. The fraction of sp³-hybridized carbons (Fsp3) is 0.794. The van der Waals surface area contributed by atoms with Crippen LogP contribution in [0.4, 0.5) is 5.69 Å². The maximum Gasteiger partial charge on any atom is 0.224 e. The molecule has 4 heteroatoms. The summed E-state index contributed by atoms with van der Waals surface area (Å²) in [5.41, 5.74) is 2.79. The van der Waals surface area contributed by atoms with E-state index in [0.717, 1.165) is 44.2 Å². The third-order valence-electron chi connectivity index (χ3n) is 12.3. The quantitative estimate of drug-likeness (QED) is 0.333. The Balaban J connectivity index is 1.18. The molecule has 212 valence electrons. The summed E-state index contributed by atoms with van der Waals surface area (Å²) in [6.45, 7) is 9.60. The number of fused-ring (bicyclic) bond motifs is 5. The zero-order valence-corrected chi connectivity index (χ0v) is 24.4. The molecule has 4 fully saturated rings.